The third-order valence-electron chi connectivity index (χ3n) is 3.11. The third kappa shape index (κ3) is 1.62. The van der Waals surface area contributed by atoms with Crippen LogP contribution in [0.3, 0.4) is 0 Å². The van der Waals surface area contributed by atoms with Crippen LogP contribution < -0.4 is 10.3 Å². The smallest absolute Gasteiger partial charge is 0.287 e. The van der Waals surface area contributed by atoms with Gasteiger partial charge >= 0.3 is 5.95 Å². The molecule has 0 radical (unpaired) electrons. The number of rotatable bonds is 2. The van der Waals surface area contributed by atoms with Gasteiger partial charge in [-0.05, 0) is 19.1 Å². The normalized spacial score (nSPS) is 10.9. The number of aryl methyl sites for hydroxylation is 1. The van der Waals surface area contributed by atoms with Crippen LogP contribution in [-0.2, 0) is 6.54 Å². The molecule has 0 atom stereocenters. The summed E-state index contributed by atoms with van der Waals surface area (Å²) in [5, 5.41) is 1.20. The Hall–Kier alpha value is -2.36. The maximum atomic E-state index is 5.92. The Balaban J connectivity index is 2.17. The highest BCUT2D eigenvalue weighted by Crippen LogP contribution is 2.18. The predicted molar refractivity (Wildman–Crippen MR) is 71.4 cm³/mol. The zero-order valence-electron chi connectivity index (χ0n) is 10.2. The van der Waals surface area contributed by atoms with Gasteiger partial charge < -0.3 is 0 Å². The number of nitrogens with zero attached hydrogens (tertiary/aromatic N) is 3. The lowest BCUT2D eigenvalue weighted by molar-refractivity contribution is -0.681. The molecule has 4 heteroatoms. The monoisotopic (exact) mass is 239 g/mol. The Bertz CT molecular complexity index is 700. The molecule has 0 fully saturated rings. The van der Waals surface area contributed by atoms with Crippen molar-refractivity contribution < 1.29 is 4.57 Å². The van der Waals surface area contributed by atoms with Gasteiger partial charge in [-0.3, -0.25) is 10.3 Å². The lowest BCUT2D eigenvalue weighted by Gasteiger charge is -2.03. The molecule has 2 aromatic heterocycles. The summed E-state index contributed by atoms with van der Waals surface area (Å²) in [5.74, 6) is 1.38. The SMILES string of the molecule is CC[n+]1ccc(-n2ccc3ccccc32)nc1N. The topological polar surface area (TPSA) is 47.7 Å². The van der Waals surface area contributed by atoms with Gasteiger partial charge in [-0.2, -0.15) is 0 Å². The second kappa shape index (κ2) is 4.14. The third-order valence-corrected chi connectivity index (χ3v) is 3.11. The van der Waals surface area contributed by atoms with Crippen molar-refractivity contribution in [2.45, 2.75) is 13.5 Å². The second-order valence-electron chi connectivity index (χ2n) is 4.17. The number of para-hydroxylation sites is 1. The summed E-state index contributed by atoms with van der Waals surface area (Å²) in [6.45, 7) is 2.87. The van der Waals surface area contributed by atoms with Crippen LogP contribution in [-0.4, -0.2) is 9.55 Å². The molecule has 0 aliphatic heterocycles. The second-order valence-corrected chi connectivity index (χ2v) is 4.17. The Morgan fingerprint density at radius 3 is 2.83 bits per heavy atom. The molecule has 2 N–H and O–H groups in total. The van der Waals surface area contributed by atoms with Gasteiger partial charge in [0.2, 0.25) is 5.82 Å². The maximum Gasteiger partial charge on any atom is 0.391 e. The van der Waals surface area contributed by atoms with Crippen molar-refractivity contribution in [1.82, 2.24) is 9.55 Å². The minimum Gasteiger partial charge on any atom is -0.287 e. The standard InChI is InChI=1S/C14H14N4/c1-2-17-9-8-13(16-14(17)15)18-10-7-11-5-3-4-6-12(11)18/h3-10,15H,2H2,1H3/p+1. The highest BCUT2D eigenvalue weighted by atomic mass is 15.2. The van der Waals surface area contributed by atoms with Gasteiger partial charge in [0, 0.05) is 17.6 Å². The first-order valence-electron chi connectivity index (χ1n) is 6.02. The molecule has 0 amide bonds. The molecule has 3 aromatic rings. The van der Waals surface area contributed by atoms with Crippen molar-refractivity contribution in [3.05, 3.63) is 48.8 Å². The average Bonchev–Trinajstić information content (AvgIpc) is 2.82. The average molecular weight is 239 g/mol. The van der Waals surface area contributed by atoms with Gasteiger partial charge in [0.15, 0.2) is 0 Å². The zero-order chi connectivity index (χ0) is 12.5. The first kappa shape index (κ1) is 10.8. The first-order valence-corrected chi connectivity index (χ1v) is 6.02. The predicted octanol–water partition coefficient (Wildman–Crippen LogP) is 1.92. The summed E-state index contributed by atoms with van der Waals surface area (Å²) >= 11 is 0. The van der Waals surface area contributed by atoms with E-state index in [0.717, 1.165) is 17.9 Å². The van der Waals surface area contributed by atoms with E-state index in [4.69, 9.17) is 5.73 Å². The molecule has 2 heterocycles. The van der Waals surface area contributed by atoms with Crippen LogP contribution in [0.25, 0.3) is 16.7 Å². The van der Waals surface area contributed by atoms with Crippen LogP contribution in [0.2, 0.25) is 0 Å². The molecule has 4 nitrogen and oxygen atoms in total. The van der Waals surface area contributed by atoms with E-state index in [-0.39, 0.29) is 0 Å². The van der Waals surface area contributed by atoms with E-state index in [1.54, 1.807) is 0 Å². The number of nitrogen functional groups attached to an aromatic ring is 1. The van der Waals surface area contributed by atoms with Crippen LogP contribution in [0.5, 0.6) is 0 Å². The maximum absolute atomic E-state index is 5.92. The zero-order valence-corrected chi connectivity index (χ0v) is 10.2. The molecular formula is C14H15N4+. The summed E-state index contributed by atoms with van der Waals surface area (Å²) in [5.41, 5.74) is 7.06. The van der Waals surface area contributed by atoms with Gasteiger partial charge in [-0.15, -0.1) is 0 Å². The lowest BCUT2D eigenvalue weighted by Crippen LogP contribution is -2.36. The van der Waals surface area contributed by atoms with Gasteiger partial charge in [0.1, 0.15) is 0 Å². The fourth-order valence-corrected chi connectivity index (χ4v) is 2.14. The molecule has 1 aromatic carbocycles. The molecule has 0 aliphatic rings. The molecule has 0 aliphatic carbocycles. The minimum atomic E-state index is 0.535. The van der Waals surface area contributed by atoms with E-state index in [0.29, 0.717) is 5.95 Å². The van der Waals surface area contributed by atoms with Crippen LogP contribution in [0.15, 0.2) is 48.8 Å². The fourth-order valence-electron chi connectivity index (χ4n) is 2.14. The van der Waals surface area contributed by atoms with Crippen molar-refractivity contribution in [2.24, 2.45) is 0 Å². The molecule has 0 saturated heterocycles. The van der Waals surface area contributed by atoms with Gasteiger partial charge in [0.25, 0.3) is 0 Å². The van der Waals surface area contributed by atoms with Crippen LogP contribution >= 0.6 is 0 Å². The van der Waals surface area contributed by atoms with Crippen LogP contribution in [0.1, 0.15) is 6.92 Å². The minimum absolute atomic E-state index is 0.535. The van der Waals surface area contributed by atoms with E-state index in [1.807, 2.05) is 46.7 Å². The lowest BCUT2D eigenvalue weighted by atomic mass is 10.2. The highest BCUT2D eigenvalue weighted by molar-refractivity contribution is 5.81. The molecule has 3 rings (SSSR count). The first-order chi connectivity index (χ1) is 8.79. The van der Waals surface area contributed by atoms with Crippen molar-refractivity contribution in [2.75, 3.05) is 5.73 Å². The molecule has 0 saturated carbocycles. The van der Waals surface area contributed by atoms with Gasteiger partial charge in [0.05, 0.1) is 18.3 Å². The highest BCUT2D eigenvalue weighted by Gasteiger charge is 2.10. The number of nitrogens with two attached hydrogens (primary N) is 1. The number of hydrogen-bond acceptors (Lipinski definition) is 2. The number of aromatic nitrogens is 3. The van der Waals surface area contributed by atoms with Crippen LogP contribution in [0, 0.1) is 0 Å². The molecule has 0 bridgehead atoms. The van der Waals surface area contributed by atoms with Crippen molar-refractivity contribution in [3.63, 3.8) is 0 Å². The Morgan fingerprint density at radius 2 is 2.06 bits per heavy atom. The van der Waals surface area contributed by atoms with E-state index in [2.05, 4.69) is 23.2 Å². The van der Waals surface area contributed by atoms with Gasteiger partial charge in [-0.1, -0.05) is 23.2 Å². The summed E-state index contributed by atoms with van der Waals surface area (Å²) in [6.07, 6.45) is 3.98. The van der Waals surface area contributed by atoms with Crippen LogP contribution in [0.4, 0.5) is 5.95 Å². The number of hydrogen-bond donors (Lipinski definition) is 1. The molecular weight excluding hydrogens is 224 g/mol. The Kier molecular flexibility index (Phi) is 2.48. The number of anilines is 1. The Morgan fingerprint density at radius 1 is 1.22 bits per heavy atom. The molecule has 18 heavy (non-hydrogen) atoms. The van der Waals surface area contributed by atoms with Gasteiger partial charge in [-0.25, -0.2) is 4.57 Å². The largest absolute Gasteiger partial charge is 0.391 e. The van der Waals surface area contributed by atoms with Crippen molar-refractivity contribution in [1.29, 1.82) is 0 Å². The quantitative estimate of drug-likeness (QED) is 0.694. The molecule has 90 valence electrons. The summed E-state index contributed by atoms with van der Waals surface area (Å²) < 4.78 is 3.96. The molecule has 0 spiro atoms. The van der Waals surface area contributed by atoms with E-state index in [9.17, 15) is 0 Å². The van der Waals surface area contributed by atoms with E-state index >= 15 is 0 Å². The van der Waals surface area contributed by atoms with Crippen molar-refractivity contribution in [3.8, 4) is 5.82 Å². The number of benzene rings is 1. The summed E-state index contributed by atoms with van der Waals surface area (Å²) in [7, 11) is 0. The van der Waals surface area contributed by atoms with E-state index < -0.39 is 0 Å². The fraction of sp³-hybridized carbons (Fsp3) is 0.143. The Labute approximate surface area is 105 Å². The number of fused-ring (bicyclic) bond motifs is 1. The molecule has 0 unspecified atom stereocenters. The van der Waals surface area contributed by atoms with E-state index in [1.165, 1.54) is 5.39 Å². The summed E-state index contributed by atoms with van der Waals surface area (Å²) in [4.78, 5) is 4.44. The van der Waals surface area contributed by atoms with Crippen molar-refractivity contribution >= 4 is 16.9 Å². The summed E-state index contributed by atoms with van der Waals surface area (Å²) in [6, 6.07) is 12.3.